The van der Waals surface area contributed by atoms with Crippen molar-refractivity contribution in [3.05, 3.63) is 40.5 Å². The second kappa shape index (κ2) is 8.69. The second-order valence-electron chi connectivity index (χ2n) is 8.94. The third-order valence-electron chi connectivity index (χ3n) is 6.51. The van der Waals surface area contributed by atoms with Gasteiger partial charge in [-0.1, -0.05) is 17.7 Å². The van der Waals surface area contributed by atoms with Crippen LogP contribution in [0.15, 0.2) is 29.9 Å². The molecule has 2 unspecified atom stereocenters. The number of fused-ring (bicyclic) bond motifs is 3. The molecule has 6 rings (SSSR count). The number of amides is 1. The van der Waals surface area contributed by atoms with Crippen molar-refractivity contribution in [3.8, 4) is 23.1 Å². The minimum absolute atomic E-state index is 0.0386. The van der Waals surface area contributed by atoms with Crippen LogP contribution in [0.1, 0.15) is 18.4 Å². The van der Waals surface area contributed by atoms with Gasteiger partial charge in [-0.05, 0) is 25.0 Å². The molecule has 2 aliphatic heterocycles. The molecular formula is C24H21ClN4O4S. The maximum Gasteiger partial charge on any atom is 0.410 e. The normalized spacial score (nSPS) is 24.0. The van der Waals surface area contributed by atoms with Gasteiger partial charge in [-0.25, -0.2) is 14.8 Å². The minimum Gasteiger partial charge on any atom is -0.472 e. The standard InChI is InChI=1S/C24H21ClN4O4S/c25-19-5-13(6-26)1-4-17(19)18-11-34-22-20(18)27-12-28-23(22)33-21-14-7-29(8-15(21)10-31-9-14)24(30)32-16-2-3-16/h1,4-5,11-12,14-16,21H,2-3,7-10H2. The highest BCUT2D eigenvalue weighted by atomic mass is 35.5. The van der Waals surface area contributed by atoms with Gasteiger partial charge in [-0.15, -0.1) is 11.3 Å². The number of carbonyl (C=O) groups is 1. The van der Waals surface area contributed by atoms with E-state index in [0.717, 1.165) is 34.2 Å². The predicted molar refractivity (Wildman–Crippen MR) is 126 cm³/mol. The van der Waals surface area contributed by atoms with Gasteiger partial charge in [0.25, 0.3) is 0 Å². The Morgan fingerprint density at radius 3 is 2.71 bits per heavy atom. The van der Waals surface area contributed by atoms with Crippen molar-refractivity contribution in [1.82, 2.24) is 14.9 Å². The van der Waals surface area contributed by atoms with Crippen LogP contribution in [0, 0.1) is 23.2 Å². The number of halogens is 1. The average Bonchev–Trinajstić information content (AvgIpc) is 3.54. The summed E-state index contributed by atoms with van der Waals surface area (Å²) in [6.07, 6.45) is 3.16. The van der Waals surface area contributed by atoms with Crippen LogP contribution in [0.3, 0.4) is 0 Å². The van der Waals surface area contributed by atoms with Gasteiger partial charge in [-0.2, -0.15) is 5.26 Å². The van der Waals surface area contributed by atoms with Crippen molar-refractivity contribution in [3.63, 3.8) is 0 Å². The summed E-state index contributed by atoms with van der Waals surface area (Å²) in [7, 11) is 0. The number of rotatable bonds is 4. The van der Waals surface area contributed by atoms with Gasteiger partial charge in [0.2, 0.25) is 5.88 Å². The monoisotopic (exact) mass is 496 g/mol. The molecule has 2 bridgehead atoms. The summed E-state index contributed by atoms with van der Waals surface area (Å²) in [6.45, 7) is 2.13. The molecule has 0 spiro atoms. The van der Waals surface area contributed by atoms with Gasteiger partial charge in [0.15, 0.2) is 0 Å². The van der Waals surface area contributed by atoms with Crippen LogP contribution in [0.4, 0.5) is 4.79 Å². The van der Waals surface area contributed by atoms with E-state index in [2.05, 4.69) is 16.0 Å². The van der Waals surface area contributed by atoms with Gasteiger partial charge >= 0.3 is 6.09 Å². The molecule has 2 atom stereocenters. The van der Waals surface area contributed by atoms with Crippen molar-refractivity contribution < 1.29 is 19.0 Å². The summed E-state index contributed by atoms with van der Waals surface area (Å²) >= 11 is 7.96. The Hall–Kier alpha value is -2.93. The second-order valence-corrected chi connectivity index (χ2v) is 10.2. The van der Waals surface area contributed by atoms with Crippen molar-refractivity contribution in [2.45, 2.75) is 25.0 Å². The van der Waals surface area contributed by atoms with E-state index in [9.17, 15) is 4.79 Å². The Morgan fingerprint density at radius 1 is 1.21 bits per heavy atom. The summed E-state index contributed by atoms with van der Waals surface area (Å²) in [5.41, 5.74) is 2.95. The lowest BCUT2D eigenvalue weighted by Crippen LogP contribution is -2.58. The van der Waals surface area contributed by atoms with Crippen LogP contribution in [0.25, 0.3) is 21.3 Å². The molecule has 0 radical (unpaired) electrons. The van der Waals surface area contributed by atoms with Gasteiger partial charge in [0.1, 0.15) is 23.2 Å². The van der Waals surface area contributed by atoms with Gasteiger partial charge in [0.05, 0.1) is 30.4 Å². The molecule has 1 aromatic carbocycles. The number of nitriles is 1. The quantitative estimate of drug-likeness (QED) is 0.524. The van der Waals surface area contributed by atoms with Crippen LogP contribution >= 0.6 is 22.9 Å². The van der Waals surface area contributed by atoms with Crippen LogP contribution in [0.5, 0.6) is 5.88 Å². The molecular weight excluding hydrogens is 476 g/mol. The lowest BCUT2D eigenvalue weighted by atomic mass is 9.84. The van der Waals surface area contributed by atoms with Crippen LogP contribution in [0.2, 0.25) is 5.02 Å². The smallest absolute Gasteiger partial charge is 0.410 e. The van der Waals surface area contributed by atoms with Crippen molar-refractivity contribution >= 4 is 39.2 Å². The highest BCUT2D eigenvalue weighted by molar-refractivity contribution is 7.18. The molecule has 10 heteroatoms. The Bertz CT molecular complexity index is 1290. The molecule has 3 fully saturated rings. The number of hydrogen-bond acceptors (Lipinski definition) is 8. The Morgan fingerprint density at radius 2 is 2.00 bits per heavy atom. The fraction of sp³-hybridized carbons (Fsp3) is 0.417. The highest BCUT2D eigenvalue weighted by Gasteiger charge is 2.45. The van der Waals surface area contributed by atoms with Gasteiger partial charge < -0.3 is 19.1 Å². The fourth-order valence-corrected chi connectivity index (χ4v) is 5.91. The fourth-order valence-electron chi connectivity index (χ4n) is 4.68. The van der Waals surface area contributed by atoms with Crippen molar-refractivity contribution in [1.29, 1.82) is 5.26 Å². The molecule has 4 heterocycles. The topological polar surface area (TPSA) is 97.6 Å². The van der Waals surface area contributed by atoms with Crippen LogP contribution < -0.4 is 4.74 Å². The number of piperidine rings is 1. The van der Waals surface area contributed by atoms with Crippen LogP contribution in [-0.2, 0) is 9.47 Å². The molecule has 3 aliphatic rings. The summed E-state index contributed by atoms with van der Waals surface area (Å²) in [6, 6.07) is 7.34. The number of aromatic nitrogens is 2. The number of likely N-dealkylation sites (tertiary alicyclic amines) is 1. The lowest BCUT2D eigenvalue weighted by molar-refractivity contribution is -0.109. The van der Waals surface area contributed by atoms with E-state index < -0.39 is 0 Å². The zero-order chi connectivity index (χ0) is 23.2. The van der Waals surface area contributed by atoms with E-state index in [1.807, 2.05) is 11.4 Å². The van der Waals surface area contributed by atoms with E-state index in [0.29, 0.717) is 42.8 Å². The Labute approximate surface area is 205 Å². The summed E-state index contributed by atoms with van der Waals surface area (Å²) in [4.78, 5) is 23.2. The first-order valence-corrected chi connectivity index (χ1v) is 12.5. The van der Waals surface area contributed by atoms with Crippen molar-refractivity contribution in [2.75, 3.05) is 26.3 Å². The largest absolute Gasteiger partial charge is 0.472 e. The molecule has 0 N–H and O–H groups in total. The third-order valence-corrected chi connectivity index (χ3v) is 7.78. The third kappa shape index (κ3) is 3.96. The molecule has 1 saturated carbocycles. The highest BCUT2D eigenvalue weighted by Crippen LogP contribution is 2.41. The SMILES string of the molecule is N#Cc1ccc(-c2csc3c(OC4C5COCC4CN(C(=O)OC4CC4)C5)ncnc23)c(Cl)c1. The first kappa shape index (κ1) is 21.6. The maximum absolute atomic E-state index is 12.5. The number of hydrogen-bond donors (Lipinski definition) is 0. The summed E-state index contributed by atoms with van der Waals surface area (Å²) < 4.78 is 18.6. The summed E-state index contributed by atoms with van der Waals surface area (Å²) in [5, 5.41) is 11.6. The molecule has 3 aromatic rings. The first-order chi connectivity index (χ1) is 16.6. The zero-order valence-corrected chi connectivity index (χ0v) is 19.7. The van der Waals surface area contributed by atoms with E-state index >= 15 is 0 Å². The summed E-state index contributed by atoms with van der Waals surface area (Å²) in [5.74, 6) is 0.607. The van der Waals surface area contributed by atoms with E-state index in [1.165, 1.54) is 17.7 Å². The first-order valence-electron chi connectivity index (χ1n) is 11.2. The molecule has 1 aliphatic carbocycles. The number of carbonyl (C=O) groups excluding carboxylic acids is 1. The van der Waals surface area contributed by atoms with Gasteiger partial charge in [0, 0.05) is 46.5 Å². The Balaban J connectivity index is 1.26. The molecule has 34 heavy (non-hydrogen) atoms. The van der Waals surface area contributed by atoms with Gasteiger partial charge in [-0.3, -0.25) is 0 Å². The molecule has 1 amide bonds. The maximum atomic E-state index is 12.5. The van der Waals surface area contributed by atoms with Crippen molar-refractivity contribution in [2.24, 2.45) is 11.8 Å². The average molecular weight is 497 g/mol. The number of thiophene rings is 1. The minimum atomic E-state index is -0.232. The lowest BCUT2D eigenvalue weighted by Gasteiger charge is -2.45. The molecule has 174 valence electrons. The van der Waals surface area contributed by atoms with E-state index in [1.54, 1.807) is 17.0 Å². The van der Waals surface area contributed by atoms with E-state index in [-0.39, 0.29) is 30.1 Å². The zero-order valence-electron chi connectivity index (χ0n) is 18.1. The number of benzene rings is 1. The van der Waals surface area contributed by atoms with Crippen LogP contribution in [-0.4, -0.2) is 59.5 Å². The molecule has 8 nitrogen and oxygen atoms in total. The number of nitrogens with zero attached hydrogens (tertiary/aromatic N) is 4. The number of ether oxygens (including phenoxy) is 3. The predicted octanol–water partition coefficient (Wildman–Crippen LogP) is 4.51. The van der Waals surface area contributed by atoms with E-state index in [4.69, 9.17) is 31.1 Å². The molecule has 2 aromatic heterocycles. The molecule has 2 saturated heterocycles. The Kier molecular flexibility index (Phi) is 5.52.